The summed E-state index contributed by atoms with van der Waals surface area (Å²) in [6.45, 7) is 2.14. The van der Waals surface area contributed by atoms with Gasteiger partial charge in [-0.25, -0.2) is 18.2 Å². The number of rotatable bonds is 8. The fourth-order valence-electron chi connectivity index (χ4n) is 5.91. The molecular formula is C32H33F3N6O4. The highest BCUT2D eigenvalue weighted by molar-refractivity contribution is 6.04. The zero-order valence-corrected chi connectivity index (χ0v) is 24.9. The van der Waals surface area contributed by atoms with E-state index in [0.29, 0.717) is 24.4 Å². The van der Waals surface area contributed by atoms with E-state index in [0.717, 1.165) is 13.0 Å². The van der Waals surface area contributed by atoms with E-state index in [1.165, 1.54) is 51.3 Å². The summed E-state index contributed by atoms with van der Waals surface area (Å²) in [7, 11) is 2.65. The average Bonchev–Trinajstić information content (AvgIpc) is 3.60. The lowest BCUT2D eigenvalue weighted by Crippen LogP contribution is -2.22. The number of pyridine rings is 1. The molecule has 4 N–H and O–H groups in total. The number of anilines is 1. The first kappa shape index (κ1) is 31.6. The second kappa shape index (κ2) is 13.4. The maximum atomic E-state index is 16.1. The van der Waals surface area contributed by atoms with Gasteiger partial charge in [0.05, 0.1) is 19.8 Å². The maximum absolute atomic E-state index is 16.1. The van der Waals surface area contributed by atoms with Crippen LogP contribution in [0.25, 0.3) is 32.9 Å². The zero-order chi connectivity index (χ0) is 32.2. The molecule has 2 unspecified atom stereocenters. The summed E-state index contributed by atoms with van der Waals surface area (Å²) in [5, 5.41) is 14.0. The van der Waals surface area contributed by atoms with Gasteiger partial charge in [0.25, 0.3) is 0 Å². The Kier molecular flexibility index (Phi) is 9.43. The number of alkyl halides is 1. The SMILES string of the molecule is C#Cc1c(F)ccc2cc(O)cc(-c3nc(OC)c4c(NCCCC(N)=O)nc(OC)nc4c3F)c12.FC1CC2CCCN2C1. The topological polar surface area (TPSA) is 136 Å². The van der Waals surface area contributed by atoms with E-state index < -0.39 is 23.7 Å². The molecule has 4 aromatic rings. The van der Waals surface area contributed by atoms with Gasteiger partial charge in [-0.3, -0.25) is 9.69 Å². The molecule has 0 saturated carbocycles. The van der Waals surface area contributed by atoms with Crippen LogP contribution in [0.5, 0.6) is 17.6 Å². The van der Waals surface area contributed by atoms with Gasteiger partial charge in [0.2, 0.25) is 11.8 Å². The third-order valence-corrected chi connectivity index (χ3v) is 7.91. The van der Waals surface area contributed by atoms with Crippen molar-refractivity contribution in [3.8, 4) is 41.2 Å². The number of nitrogens with zero attached hydrogens (tertiary/aromatic N) is 4. The first-order chi connectivity index (χ1) is 21.6. The van der Waals surface area contributed by atoms with E-state index in [9.17, 15) is 18.7 Å². The molecule has 1 amide bonds. The van der Waals surface area contributed by atoms with E-state index in [-0.39, 0.29) is 69.5 Å². The van der Waals surface area contributed by atoms with Crippen LogP contribution in [0.1, 0.15) is 37.7 Å². The Morgan fingerprint density at radius 3 is 2.69 bits per heavy atom. The lowest BCUT2D eigenvalue weighted by molar-refractivity contribution is -0.118. The molecule has 6 rings (SSSR count). The standard InChI is InChI=1S/C25H21F2N5O4.C7H12FN/c1-4-14-16(26)8-7-12-10-13(33)11-15(18(12)14)21-20(27)22-19(24(30-21)35-2)23(32-25(31-22)36-3)29-9-5-6-17(28)34;8-6-4-7-2-1-3-9(7)5-6/h1,7-8,10-11,33H,5-6,9H2,2-3H3,(H2,28,34)(H,29,31,32);6-7H,1-5H2. The summed E-state index contributed by atoms with van der Waals surface area (Å²) in [4.78, 5) is 26.0. The molecule has 2 fully saturated rings. The number of phenolic OH excluding ortho intramolecular Hbond substituents is 1. The molecule has 2 atom stereocenters. The molecule has 2 aliphatic heterocycles. The minimum atomic E-state index is -0.897. The number of aromatic nitrogens is 3. The number of hydrogen-bond donors (Lipinski definition) is 3. The number of halogens is 3. The van der Waals surface area contributed by atoms with E-state index in [1.54, 1.807) is 0 Å². The highest BCUT2D eigenvalue weighted by Crippen LogP contribution is 2.41. The third-order valence-electron chi connectivity index (χ3n) is 7.91. The number of ether oxygens (including phenoxy) is 2. The van der Waals surface area contributed by atoms with Gasteiger partial charge < -0.3 is 25.6 Å². The molecule has 2 aromatic carbocycles. The van der Waals surface area contributed by atoms with Crippen LogP contribution < -0.4 is 20.5 Å². The summed E-state index contributed by atoms with van der Waals surface area (Å²) < 4.78 is 53.8. The number of aromatic hydroxyl groups is 1. The number of hydrogen-bond acceptors (Lipinski definition) is 9. The number of carbonyl (C=O) groups is 1. The molecular weight excluding hydrogens is 589 g/mol. The van der Waals surface area contributed by atoms with Crippen LogP contribution in [0, 0.1) is 24.0 Å². The molecule has 10 nitrogen and oxygen atoms in total. The fourth-order valence-corrected chi connectivity index (χ4v) is 5.91. The monoisotopic (exact) mass is 622 g/mol. The number of nitrogens with one attached hydrogen (secondary N) is 1. The largest absolute Gasteiger partial charge is 0.508 e. The molecule has 2 aromatic heterocycles. The Hall–Kier alpha value is -4.83. The number of carbonyl (C=O) groups excluding carboxylic acids is 1. The van der Waals surface area contributed by atoms with Gasteiger partial charge in [-0.15, -0.1) is 6.42 Å². The Balaban J connectivity index is 0.000000377. The number of benzene rings is 2. The van der Waals surface area contributed by atoms with Crippen molar-refractivity contribution in [2.45, 2.75) is 44.3 Å². The van der Waals surface area contributed by atoms with Crippen molar-refractivity contribution in [1.82, 2.24) is 19.9 Å². The lowest BCUT2D eigenvalue weighted by atomic mass is 9.95. The summed E-state index contributed by atoms with van der Waals surface area (Å²) in [6, 6.07) is 5.67. The molecule has 0 spiro atoms. The highest BCUT2D eigenvalue weighted by Gasteiger charge is 2.34. The fraction of sp³-hybridized carbons (Fsp3) is 0.375. The molecule has 45 heavy (non-hydrogen) atoms. The first-order valence-electron chi connectivity index (χ1n) is 14.5. The molecule has 0 aliphatic carbocycles. The second-order valence-corrected chi connectivity index (χ2v) is 10.8. The van der Waals surface area contributed by atoms with Crippen LogP contribution in [-0.2, 0) is 4.79 Å². The highest BCUT2D eigenvalue weighted by atomic mass is 19.1. The normalized spacial score (nSPS) is 17.4. The quantitative estimate of drug-likeness (QED) is 0.189. The summed E-state index contributed by atoms with van der Waals surface area (Å²) in [5.41, 5.74) is 4.64. The van der Waals surface area contributed by atoms with Crippen molar-refractivity contribution in [2.75, 3.05) is 39.2 Å². The smallest absolute Gasteiger partial charge is 0.318 e. The molecule has 2 saturated heterocycles. The minimum absolute atomic E-state index is 0.0448. The molecule has 0 bridgehead atoms. The van der Waals surface area contributed by atoms with E-state index in [2.05, 4.69) is 31.1 Å². The van der Waals surface area contributed by atoms with Gasteiger partial charge in [-0.1, -0.05) is 12.0 Å². The Morgan fingerprint density at radius 1 is 1.20 bits per heavy atom. The predicted octanol–water partition coefficient (Wildman–Crippen LogP) is 4.70. The molecule has 2 aliphatic rings. The maximum Gasteiger partial charge on any atom is 0.318 e. The van der Waals surface area contributed by atoms with E-state index in [1.807, 2.05) is 0 Å². The van der Waals surface area contributed by atoms with Crippen LogP contribution in [0.3, 0.4) is 0 Å². The Labute approximate surface area is 257 Å². The number of nitrogens with two attached hydrogens (primary N) is 1. The van der Waals surface area contributed by atoms with Gasteiger partial charge in [0.1, 0.15) is 40.2 Å². The summed E-state index contributed by atoms with van der Waals surface area (Å²) >= 11 is 0. The van der Waals surface area contributed by atoms with Crippen LogP contribution in [0.2, 0.25) is 0 Å². The van der Waals surface area contributed by atoms with E-state index in [4.69, 9.17) is 21.6 Å². The van der Waals surface area contributed by atoms with Gasteiger partial charge >= 0.3 is 6.01 Å². The van der Waals surface area contributed by atoms with Gasteiger partial charge in [-0.05, 0) is 55.8 Å². The number of methoxy groups -OCH3 is 2. The van der Waals surface area contributed by atoms with Gasteiger partial charge in [-0.2, -0.15) is 9.97 Å². The van der Waals surface area contributed by atoms with Crippen molar-refractivity contribution in [2.24, 2.45) is 5.73 Å². The lowest BCUT2D eigenvalue weighted by Gasteiger charge is -2.16. The van der Waals surface area contributed by atoms with Gasteiger partial charge in [0, 0.05) is 36.5 Å². The van der Waals surface area contributed by atoms with Crippen molar-refractivity contribution in [3.05, 3.63) is 41.5 Å². The van der Waals surface area contributed by atoms with Crippen molar-refractivity contribution in [3.63, 3.8) is 0 Å². The van der Waals surface area contributed by atoms with Crippen molar-refractivity contribution in [1.29, 1.82) is 0 Å². The molecule has 0 radical (unpaired) electrons. The van der Waals surface area contributed by atoms with Crippen LogP contribution in [0.4, 0.5) is 19.0 Å². The van der Waals surface area contributed by atoms with E-state index >= 15 is 4.39 Å². The van der Waals surface area contributed by atoms with Crippen molar-refractivity contribution < 1.29 is 32.5 Å². The number of fused-ring (bicyclic) bond motifs is 3. The molecule has 13 heteroatoms. The van der Waals surface area contributed by atoms with Crippen LogP contribution in [0.15, 0.2) is 24.3 Å². The predicted molar refractivity (Wildman–Crippen MR) is 164 cm³/mol. The molecule has 236 valence electrons. The third kappa shape index (κ3) is 6.51. The van der Waals surface area contributed by atoms with Crippen molar-refractivity contribution >= 4 is 33.4 Å². The van der Waals surface area contributed by atoms with Gasteiger partial charge in [0.15, 0.2) is 5.82 Å². The number of primary amides is 1. The van der Waals surface area contributed by atoms with Crippen LogP contribution in [-0.4, -0.2) is 76.9 Å². The number of phenols is 1. The first-order valence-corrected chi connectivity index (χ1v) is 14.5. The zero-order valence-electron chi connectivity index (χ0n) is 24.9. The Bertz CT molecular complexity index is 1790. The number of terminal acetylenes is 1. The number of amides is 1. The summed E-state index contributed by atoms with van der Waals surface area (Å²) in [5.74, 6) is 0.160. The second-order valence-electron chi connectivity index (χ2n) is 10.8. The Morgan fingerprint density at radius 2 is 2.00 bits per heavy atom. The average molecular weight is 623 g/mol. The summed E-state index contributed by atoms with van der Waals surface area (Å²) in [6.07, 6.45) is 8.90. The van der Waals surface area contributed by atoms with Crippen LogP contribution >= 0.6 is 0 Å². The minimum Gasteiger partial charge on any atom is -0.508 e. The molecule has 4 heterocycles.